The van der Waals surface area contributed by atoms with Crippen LogP contribution in [0.25, 0.3) is 0 Å². The molecule has 1 aliphatic rings. The van der Waals surface area contributed by atoms with E-state index in [4.69, 9.17) is 14.5 Å². The van der Waals surface area contributed by atoms with E-state index >= 15 is 0 Å². The van der Waals surface area contributed by atoms with Gasteiger partial charge in [0, 0.05) is 50.1 Å². The SMILES string of the molecule is COc1cccc(Cc2nsc(N(CCC(=O)N3CC(C)OC(C)C3)C(C)C)n2)c1. The Morgan fingerprint density at radius 3 is 2.73 bits per heavy atom. The van der Waals surface area contributed by atoms with Crippen LogP contribution in [0, 0.1) is 0 Å². The molecule has 2 aromatic rings. The van der Waals surface area contributed by atoms with Crippen LogP contribution in [-0.2, 0) is 16.0 Å². The molecule has 0 spiro atoms. The molecule has 2 atom stereocenters. The fourth-order valence-corrected chi connectivity index (χ4v) is 4.57. The van der Waals surface area contributed by atoms with Gasteiger partial charge in [0.2, 0.25) is 11.0 Å². The minimum Gasteiger partial charge on any atom is -0.497 e. The number of hydrogen-bond donors (Lipinski definition) is 0. The van der Waals surface area contributed by atoms with Gasteiger partial charge in [-0.25, -0.2) is 4.98 Å². The van der Waals surface area contributed by atoms with Gasteiger partial charge in [0.15, 0.2) is 0 Å². The van der Waals surface area contributed by atoms with E-state index in [1.807, 2.05) is 43.0 Å². The van der Waals surface area contributed by atoms with Crippen molar-refractivity contribution >= 4 is 22.6 Å². The fourth-order valence-electron chi connectivity index (χ4n) is 3.73. The average molecular weight is 433 g/mol. The molecular formula is C22H32N4O3S. The summed E-state index contributed by atoms with van der Waals surface area (Å²) in [5.41, 5.74) is 1.11. The van der Waals surface area contributed by atoms with Crippen molar-refractivity contribution in [2.75, 3.05) is 31.6 Å². The Balaban J connectivity index is 1.61. The fraction of sp³-hybridized carbons (Fsp3) is 0.591. The topological polar surface area (TPSA) is 67.8 Å². The van der Waals surface area contributed by atoms with Gasteiger partial charge in [-0.3, -0.25) is 4.79 Å². The molecule has 1 aliphatic heterocycles. The highest BCUT2D eigenvalue weighted by Gasteiger charge is 2.26. The molecule has 1 amide bonds. The summed E-state index contributed by atoms with van der Waals surface area (Å²) < 4.78 is 15.6. The monoisotopic (exact) mass is 432 g/mol. The highest BCUT2D eigenvalue weighted by molar-refractivity contribution is 7.09. The number of morpholine rings is 1. The number of rotatable bonds is 8. The molecule has 164 valence electrons. The lowest BCUT2D eigenvalue weighted by molar-refractivity contribution is -0.143. The van der Waals surface area contributed by atoms with E-state index in [-0.39, 0.29) is 24.2 Å². The zero-order chi connectivity index (χ0) is 21.7. The summed E-state index contributed by atoms with van der Waals surface area (Å²) in [5, 5.41) is 0.861. The maximum absolute atomic E-state index is 12.8. The molecule has 8 heteroatoms. The number of aromatic nitrogens is 2. The van der Waals surface area contributed by atoms with Crippen molar-refractivity contribution < 1.29 is 14.3 Å². The van der Waals surface area contributed by atoms with Gasteiger partial charge in [0.1, 0.15) is 11.6 Å². The van der Waals surface area contributed by atoms with E-state index in [2.05, 4.69) is 23.1 Å². The van der Waals surface area contributed by atoms with Crippen LogP contribution in [0.5, 0.6) is 5.75 Å². The number of carbonyl (C=O) groups excluding carboxylic acids is 1. The van der Waals surface area contributed by atoms with Crippen LogP contribution in [0.2, 0.25) is 0 Å². The number of benzene rings is 1. The third-order valence-corrected chi connectivity index (χ3v) is 5.95. The van der Waals surface area contributed by atoms with Crippen molar-refractivity contribution in [3.63, 3.8) is 0 Å². The van der Waals surface area contributed by atoms with E-state index in [1.54, 1.807) is 7.11 Å². The van der Waals surface area contributed by atoms with Gasteiger partial charge in [-0.15, -0.1) is 0 Å². The van der Waals surface area contributed by atoms with Gasteiger partial charge in [-0.05, 0) is 45.4 Å². The predicted molar refractivity (Wildman–Crippen MR) is 119 cm³/mol. The molecular weight excluding hydrogens is 400 g/mol. The Hall–Kier alpha value is -2.19. The van der Waals surface area contributed by atoms with Crippen molar-refractivity contribution in [3.05, 3.63) is 35.7 Å². The molecule has 1 aromatic carbocycles. The van der Waals surface area contributed by atoms with E-state index in [1.165, 1.54) is 11.5 Å². The van der Waals surface area contributed by atoms with Crippen LogP contribution in [0.4, 0.5) is 5.13 Å². The summed E-state index contributed by atoms with van der Waals surface area (Å²) in [7, 11) is 1.67. The summed E-state index contributed by atoms with van der Waals surface area (Å²) in [4.78, 5) is 21.6. The van der Waals surface area contributed by atoms with Gasteiger partial charge >= 0.3 is 0 Å². The molecule has 0 radical (unpaired) electrons. The summed E-state index contributed by atoms with van der Waals surface area (Å²) in [6, 6.07) is 8.19. The van der Waals surface area contributed by atoms with Crippen LogP contribution in [0.15, 0.2) is 24.3 Å². The van der Waals surface area contributed by atoms with Crippen LogP contribution in [0.1, 0.15) is 45.5 Å². The molecule has 0 N–H and O–H groups in total. The second kappa shape index (κ2) is 10.2. The Labute approximate surface area is 183 Å². The quantitative estimate of drug-likeness (QED) is 0.637. The zero-order valence-electron chi connectivity index (χ0n) is 18.5. The van der Waals surface area contributed by atoms with Gasteiger partial charge in [-0.2, -0.15) is 4.37 Å². The number of methoxy groups -OCH3 is 1. The molecule has 1 fully saturated rings. The largest absolute Gasteiger partial charge is 0.497 e. The Morgan fingerprint density at radius 2 is 2.07 bits per heavy atom. The average Bonchev–Trinajstić information content (AvgIpc) is 3.15. The summed E-state index contributed by atoms with van der Waals surface area (Å²) >= 11 is 1.39. The first-order valence-corrected chi connectivity index (χ1v) is 11.3. The van der Waals surface area contributed by atoms with Crippen molar-refractivity contribution in [2.45, 2.75) is 58.8 Å². The minimum absolute atomic E-state index is 0.0845. The number of anilines is 1. The first-order chi connectivity index (χ1) is 14.4. The Bertz CT molecular complexity index is 831. The lowest BCUT2D eigenvalue weighted by Gasteiger charge is -2.36. The smallest absolute Gasteiger partial charge is 0.224 e. The molecule has 0 saturated carbocycles. The highest BCUT2D eigenvalue weighted by atomic mass is 32.1. The molecule has 1 saturated heterocycles. The van der Waals surface area contributed by atoms with Crippen LogP contribution >= 0.6 is 11.5 Å². The standard InChI is InChI=1S/C22H32N4O3S/c1-15(2)26(10-9-21(27)25-13-16(3)29-17(4)14-25)22-23-20(24-30-22)12-18-7-6-8-19(11-18)28-5/h6-8,11,15-17H,9-10,12-14H2,1-5H3. The summed E-state index contributed by atoms with van der Waals surface area (Å²) in [6.07, 6.45) is 1.28. The summed E-state index contributed by atoms with van der Waals surface area (Å²) in [5.74, 6) is 1.79. The van der Waals surface area contributed by atoms with Gasteiger partial charge in [-0.1, -0.05) is 12.1 Å². The minimum atomic E-state index is 0.0845. The maximum atomic E-state index is 12.8. The number of carbonyl (C=O) groups is 1. The van der Waals surface area contributed by atoms with Gasteiger partial charge in [0.25, 0.3) is 0 Å². The molecule has 0 aliphatic carbocycles. The van der Waals surface area contributed by atoms with Crippen molar-refractivity contribution in [3.8, 4) is 5.75 Å². The van der Waals surface area contributed by atoms with Crippen LogP contribution in [-0.4, -0.2) is 65.2 Å². The lowest BCUT2D eigenvalue weighted by atomic mass is 10.1. The number of nitrogens with zero attached hydrogens (tertiary/aromatic N) is 4. The molecule has 30 heavy (non-hydrogen) atoms. The normalized spacial score (nSPS) is 19.2. The molecule has 0 bridgehead atoms. The van der Waals surface area contributed by atoms with E-state index in [0.29, 0.717) is 32.5 Å². The molecule has 1 aromatic heterocycles. The lowest BCUT2D eigenvalue weighted by Crippen LogP contribution is -2.49. The second-order valence-electron chi connectivity index (χ2n) is 8.11. The Kier molecular flexibility index (Phi) is 7.66. The van der Waals surface area contributed by atoms with Crippen molar-refractivity contribution in [2.24, 2.45) is 0 Å². The molecule has 2 unspecified atom stereocenters. The predicted octanol–water partition coefficient (Wildman–Crippen LogP) is 3.38. The molecule has 7 nitrogen and oxygen atoms in total. The zero-order valence-corrected chi connectivity index (χ0v) is 19.3. The molecule has 2 heterocycles. The van der Waals surface area contributed by atoms with Crippen LogP contribution < -0.4 is 9.64 Å². The van der Waals surface area contributed by atoms with E-state index in [9.17, 15) is 4.79 Å². The maximum Gasteiger partial charge on any atom is 0.224 e. The molecule has 3 rings (SSSR count). The first kappa shape index (κ1) is 22.5. The van der Waals surface area contributed by atoms with E-state index in [0.717, 1.165) is 22.3 Å². The van der Waals surface area contributed by atoms with Crippen molar-refractivity contribution in [1.29, 1.82) is 0 Å². The third kappa shape index (κ3) is 5.92. The van der Waals surface area contributed by atoms with Crippen molar-refractivity contribution in [1.82, 2.24) is 14.3 Å². The highest BCUT2D eigenvalue weighted by Crippen LogP contribution is 2.23. The summed E-state index contributed by atoms with van der Waals surface area (Å²) in [6.45, 7) is 10.2. The number of amides is 1. The third-order valence-electron chi connectivity index (χ3n) is 5.16. The first-order valence-electron chi connectivity index (χ1n) is 10.5. The second-order valence-corrected chi connectivity index (χ2v) is 8.84. The number of hydrogen-bond acceptors (Lipinski definition) is 7. The Morgan fingerprint density at radius 1 is 1.33 bits per heavy atom. The van der Waals surface area contributed by atoms with Gasteiger partial charge in [0.05, 0.1) is 19.3 Å². The van der Waals surface area contributed by atoms with Crippen LogP contribution in [0.3, 0.4) is 0 Å². The van der Waals surface area contributed by atoms with E-state index < -0.39 is 0 Å². The van der Waals surface area contributed by atoms with Gasteiger partial charge < -0.3 is 19.3 Å². The number of ether oxygens (including phenoxy) is 2.